The lowest BCUT2D eigenvalue weighted by molar-refractivity contribution is -0.128. The maximum absolute atomic E-state index is 12.5. The smallest absolute Gasteiger partial charge is 0.223 e. The molecule has 0 spiro atoms. The van der Waals surface area contributed by atoms with Gasteiger partial charge < -0.3 is 11.1 Å². The number of hydrogen-bond acceptors (Lipinski definition) is 2. The molecular weight excluding hydrogens is 316 g/mol. The zero-order valence-corrected chi connectivity index (χ0v) is 13.5. The topological polar surface area (TPSA) is 55.1 Å². The Morgan fingerprint density at radius 3 is 2.80 bits per heavy atom. The number of benzene rings is 1. The first-order valence-electron chi connectivity index (χ1n) is 7.38. The van der Waals surface area contributed by atoms with Gasteiger partial charge in [0.25, 0.3) is 0 Å². The van der Waals surface area contributed by atoms with Crippen LogP contribution in [0.4, 0.5) is 0 Å². The van der Waals surface area contributed by atoms with E-state index in [9.17, 15) is 4.79 Å². The van der Waals surface area contributed by atoms with Crippen molar-refractivity contribution in [2.75, 3.05) is 6.54 Å². The number of amides is 1. The molecule has 0 saturated heterocycles. The molecule has 0 heterocycles. The molecule has 110 valence electrons. The molecule has 2 rings (SSSR count). The fourth-order valence-electron chi connectivity index (χ4n) is 3.06. The van der Waals surface area contributed by atoms with Crippen molar-refractivity contribution < 1.29 is 4.79 Å². The number of nitrogens with one attached hydrogen (secondary N) is 1. The van der Waals surface area contributed by atoms with Gasteiger partial charge in [0.1, 0.15) is 0 Å². The van der Waals surface area contributed by atoms with Crippen LogP contribution in [0.3, 0.4) is 0 Å². The molecule has 1 fully saturated rings. The summed E-state index contributed by atoms with van der Waals surface area (Å²) in [6.07, 6.45) is 4.39. The molecule has 1 saturated carbocycles. The third-order valence-electron chi connectivity index (χ3n) is 4.28. The molecule has 1 aliphatic carbocycles. The van der Waals surface area contributed by atoms with Gasteiger partial charge in [0, 0.05) is 10.4 Å². The van der Waals surface area contributed by atoms with Gasteiger partial charge in [0.2, 0.25) is 5.91 Å². The van der Waals surface area contributed by atoms with Crippen LogP contribution in [0.2, 0.25) is 0 Å². The fraction of sp³-hybridized carbons (Fsp3) is 0.562. The average molecular weight is 339 g/mol. The van der Waals surface area contributed by atoms with Crippen LogP contribution < -0.4 is 11.1 Å². The molecule has 3 N–H and O–H groups in total. The quantitative estimate of drug-likeness (QED) is 0.883. The minimum atomic E-state index is 0.0124. The number of carbonyl (C=O) groups is 1. The van der Waals surface area contributed by atoms with Gasteiger partial charge in [-0.05, 0) is 43.9 Å². The zero-order chi connectivity index (χ0) is 14.5. The van der Waals surface area contributed by atoms with Gasteiger partial charge in [0.15, 0.2) is 0 Å². The lowest BCUT2D eigenvalue weighted by Crippen LogP contribution is -2.40. The highest BCUT2D eigenvalue weighted by atomic mass is 79.9. The van der Waals surface area contributed by atoms with E-state index in [0.29, 0.717) is 12.5 Å². The minimum Gasteiger partial charge on any atom is -0.349 e. The third-order valence-corrected chi connectivity index (χ3v) is 5.00. The van der Waals surface area contributed by atoms with E-state index in [1.165, 1.54) is 6.42 Å². The van der Waals surface area contributed by atoms with E-state index in [2.05, 4.69) is 21.2 Å². The monoisotopic (exact) mass is 338 g/mol. The first kappa shape index (κ1) is 15.5. The molecule has 0 aromatic heterocycles. The summed E-state index contributed by atoms with van der Waals surface area (Å²) in [6.45, 7) is 2.64. The standard InChI is InChI=1S/C16H23BrN2O/c1-11(13-7-4-5-9-15(13)17)19-16(20)14-8-3-2-6-12(14)10-18/h4-5,7,9,11-12,14H,2-3,6,8,10,18H2,1H3,(H,19,20). The molecule has 1 aliphatic rings. The van der Waals surface area contributed by atoms with Crippen LogP contribution in [0, 0.1) is 11.8 Å². The van der Waals surface area contributed by atoms with Crippen molar-refractivity contribution in [3.63, 3.8) is 0 Å². The van der Waals surface area contributed by atoms with Crippen LogP contribution in [-0.2, 0) is 4.79 Å². The summed E-state index contributed by atoms with van der Waals surface area (Å²) in [7, 11) is 0. The zero-order valence-electron chi connectivity index (χ0n) is 11.9. The largest absolute Gasteiger partial charge is 0.349 e. The lowest BCUT2D eigenvalue weighted by Gasteiger charge is -2.30. The maximum atomic E-state index is 12.5. The molecule has 4 heteroatoms. The van der Waals surface area contributed by atoms with Crippen molar-refractivity contribution in [1.82, 2.24) is 5.32 Å². The summed E-state index contributed by atoms with van der Waals surface area (Å²) in [5, 5.41) is 3.15. The summed E-state index contributed by atoms with van der Waals surface area (Å²) < 4.78 is 1.03. The molecule has 1 aromatic rings. The normalized spacial score (nSPS) is 24.1. The minimum absolute atomic E-state index is 0.0124. The SMILES string of the molecule is CC(NC(=O)C1CCCCC1CN)c1ccccc1Br. The van der Waals surface area contributed by atoms with Crippen molar-refractivity contribution >= 4 is 21.8 Å². The van der Waals surface area contributed by atoms with Gasteiger partial charge in [-0.15, -0.1) is 0 Å². The van der Waals surface area contributed by atoms with Crippen LogP contribution in [0.25, 0.3) is 0 Å². The van der Waals surface area contributed by atoms with E-state index in [4.69, 9.17) is 5.73 Å². The Hall–Kier alpha value is -0.870. The highest BCUT2D eigenvalue weighted by Gasteiger charge is 2.30. The second kappa shape index (κ2) is 7.23. The Morgan fingerprint density at radius 1 is 1.40 bits per heavy atom. The Balaban J connectivity index is 2.02. The summed E-state index contributed by atoms with van der Waals surface area (Å²) in [5.74, 6) is 0.581. The van der Waals surface area contributed by atoms with E-state index in [1.807, 2.05) is 31.2 Å². The Kier molecular flexibility index (Phi) is 5.61. The molecule has 3 atom stereocenters. The molecule has 20 heavy (non-hydrogen) atoms. The van der Waals surface area contributed by atoms with Crippen molar-refractivity contribution in [1.29, 1.82) is 0 Å². The van der Waals surface area contributed by atoms with Gasteiger partial charge in [-0.25, -0.2) is 0 Å². The van der Waals surface area contributed by atoms with Gasteiger partial charge in [-0.3, -0.25) is 4.79 Å². The van der Waals surface area contributed by atoms with Crippen LogP contribution in [-0.4, -0.2) is 12.5 Å². The molecular formula is C16H23BrN2O. The highest BCUT2D eigenvalue weighted by molar-refractivity contribution is 9.10. The van der Waals surface area contributed by atoms with Crippen molar-refractivity contribution in [3.8, 4) is 0 Å². The van der Waals surface area contributed by atoms with E-state index < -0.39 is 0 Å². The van der Waals surface area contributed by atoms with Crippen LogP contribution >= 0.6 is 15.9 Å². The summed E-state index contributed by atoms with van der Waals surface area (Å²) in [4.78, 5) is 12.5. The van der Waals surface area contributed by atoms with Gasteiger partial charge >= 0.3 is 0 Å². The summed E-state index contributed by atoms with van der Waals surface area (Å²) in [6, 6.07) is 8.02. The predicted octanol–water partition coefficient (Wildman–Crippen LogP) is 3.39. The van der Waals surface area contributed by atoms with Crippen molar-refractivity contribution in [2.24, 2.45) is 17.6 Å². The third kappa shape index (κ3) is 3.61. The number of rotatable bonds is 4. The Labute approximate surface area is 129 Å². The maximum Gasteiger partial charge on any atom is 0.223 e. The first-order chi connectivity index (χ1) is 9.63. The van der Waals surface area contributed by atoms with E-state index in [1.54, 1.807) is 0 Å². The first-order valence-corrected chi connectivity index (χ1v) is 8.17. The molecule has 3 unspecified atom stereocenters. The van der Waals surface area contributed by atoms with Gasteiger partial charge in [-0.1, -0.05) is 47.0 Å². The Morgan fingerprint density at radius 2 is 2.10 bits per heavy atom. The van der Waals surface area contributed by atoms with Crippen molar-refractivity contribution in [3.05, 3.63) is 34.3 Å². The molecule has 1 amide bonds. The fourth-order valence-corrected chi connectivity index (χ4v) is 3.69. The summed E-state index contributed by atoms with van der Waals surface area (Å²) >= 11 is 3.54. The van der Waals surface area contributed by atoms with Gasteiger partial charge in [0.05, 0.1) is 6.04 Å². The average Bonchev–Trinajstić information content (AvgIpc) is 2.47. The number of halogens is 1. The Bertz CT molecular complexity index is 464. The summed E-state index contributed by atoms with van der Waals surface area (Å²) in [5.41, 5.74) is 6.92. The lowest BCUT2D eigenvalue weighted by atomic mass is 9.78. The van der Waals surface area contributed by atoms with E-state index >= 15 is 0 Å². The second-order valence-corrected chi connectivity index (χ2v) is 6.49. The molecule has 1 aromatic carbocycles. The molecule has 0 radical (unpaired) electrons. The second-order valence-electron chi connectivity index (χ2n) is 5.64. The van der Waals surface area contributed by atoms with Crippen LogP contribution in [0.15, 0.2) is 28.7 Å². The predicted molar refractivity (Wildman–Crippen MR) is 85.2 cm³/mol. The molecule has 0 bridgehead atoms. The molecule has 0 aliphatic heterocycles. The van der Waals surface area contributed by atoms with E-state index in [-0.39, 0.29) is 17.9 Å². The van der Waals surface area contributed by atoms with Crippen molar-refractivity contribution in [2.45, 2.75) is 38.6 Å². The number of nitrogens with two attached hydrogens (primary N) is 1. The van der Waals surface area contributed by atoms with Crippen LogP contribution in [0.5, 0.6) is 0 Å². The van der Waals surface area contributed by atoms with Gasteiger partial charge in [-0.2, -0.15) is 0 Å². The molecule has 3 nitrogen and oxygen atoms in total. The van der Waals surface area contributed by atoms with E-state index in [0.717, 1.165) is 29.3 Å². The highest BCUT2D eigenvalue weighted by Crippen LogP contribution is 2.30. The number of hydrogen-bond donors (Lipinski definition) is 2. The number of carbonyl (C=O) groups excluding carboxylic acids is 1. The van der Waals surface area contributed by atoms with Crippen LogP contribution in [0.1, 0.15) is 44.2 Å².